The van der Waals surface area contributed by atoms with E-state index >= 15 is 0 Å². The van der Waals surface area contributed by atoms with Crippen LogP contribution in [-0.4, -0.2) is 23.6 Å². The van der Waals surface area contributed by atoms with Gasteiger partial charge in [-0.1, -0.05) is 19.9 Å². The van der Waals surface area contributed by atoms with Crippen LogP contribution < -0.4 is 10.2 Å². The summed E-state index contributed by atoms with van der Waals surface area (Å²) < 4.78 is 13.3. The van der Waals surface area contributed by atoms with E-state index < -0.39 is 0 Å². The molecule has 0 aliphatic heterocycles. The molecule has 0 saturated carbocycles. The Balaban J connectivity index is 2.09. The quantitative estimate of drug-likeness (QED) is 0.886. The van der Waals surface area contributed by atoms with Crippen LogP contribution in [0.2, 0.25) is 0 Å². The summed E-state index contributed by atoms with van der Waals surface area (Å²) in [6.45, 7) is 5.93. The van der Waals surface area contributed by atoms with Gasteiger partial charge in [0, 0.05) is 25.5 Å². The molecule has 1 aromatic carbocycles. The van der Waals surface area contributed by atoms with Crippen molar-refractivity contribution in [1.82, 2.24) is 15.3 Å². The lowest BCUT2D eigenvalue weighted by atomic mass is 10.2. The Morgan fingerprint density at radius 2 is 2.10 bits per heavy atom. The highest BCUT2D eigenvalue weighted by Crippen LogP contribution is 2.21. The average molecular weight is 288 g/mol. The van der Waals surface area contributed by atoms with Crippen molar-refractivity contribution in [1.29, 1.82) is 0 Å². The average Bonchev–Trinajstić information content (AvgIpc) is 2.46. The van der Waals surface area contributed by atoms with Crippen molar-refractivity contribution in [2.75, 3.05) is 18.5 Å². The van der Waals surface area contributed by atoms with Crippen LogP contribution in [0.4, 0.5) is 15.9 Å². The highest BCUT2D eigenvalue weighted by atomic mass is 19.1. The van der Waals surface area contributed by atoms with E-state index in [2.05, 4.69) is 29.1 Å². The van der Waals surface area contributed by atoms with Crippen LogP contribution in [0.5, 0.6) is 0 Å². The standard InChI is InChI=1S/C16H21FN4/c1-12(2)8-18-9-14-10-19-11-16(20-14)21(3)15-6-4-5-13(17)7-15/h4-7,10-12,18H,8-9H2,1-3H3. The molecule has 0 amide bonds. The fraction of sp³-hybridized carbons (Fsp3) is 0.375. The molecule has 0 radical (unpaired) electrons. The number of nitrogens with zero attached hydrogens (tertiary/aromatic N) is 3. The van der Waals surface area contributed by atoms with Gasteiger partial charge in [0.1, 0.15) is 5.82 Å². The zero-order valence-electron chi connectivity index (χ0n) is 12.7. The van der Waals surface area contributed by atoms with E-state index in [1.54, 1.807) is 18.5 Å². The van der Waals surface area contributed by atoms with Gasteiger partial charge in [0.2, 0.25) is 0 Å². The molecule has 21 heavy (non-hydrogen) atoms. The topological polar surface area (TPSA) is 41.1 Å². The zero-order valence-corrected chi connectivity index (χ0v) is 12.7. The van der Waals surface area contributed by atoms with Gasteiger partial charge in [0.15, 0.2) is 5.82 Å². The largest absolute Gasteiger partial charge is 0.328 e. The van der Waals surface area contributed by atoms with Crippen molar-refractivity contribution in [2.45, 2.75) is 20.4 Å². The molecule has 0 spiro atoms. The third-order valence-electron chi connectivity index (χ3n) is 3.07. The van der Waals surface area contributed by atoms with Gasteiger partial charge < -0.3 is 10.2 Å². The molecule has 0 aliphatic rings. The summed E-state index contributed by atoms with van der Waals surface area (Å²) in [7, 11) is 1.85. The van der Waals surface area contributed by atoms with E-state index in [1.807, 2.05) is 18.0 Å². The number of benzene rings is 1. The Kier molecular flexibility index (Phi) is 5.22. The van der Waals surface area contributed by atoms with Crippen molar-refractivity contribution in [2.24, 2.45) is 5.92 Å². The molecule has 0 atom stereocenters. The van der Waals surface area contributed by atoms with Gasteiger partial charge in [-0.3, -0.25) is 4.98 Å². The zero-order chi connectivity index (χ0) is 15.2. The van der Waals surface area contributed by atoms with E-state index in [0.29, 0.717) is 18.3 Å². The molecule has 2 rings (SSSR count). The highest BCUT2D eigenvalue weighted by Gasteiger charge is 2.08. The maximum atomic E-state index is 13.3. The third-order valence-corrected chi connectivity index (χ3v) is 3.07. The molecule has 0 aliphatic carbocycles. The molecule has 2 aromatic rings. The molecule has 1 aromatic heterocycles. The Morgan fingerprint density at radius 1 is 1.29 bits per heavy atom. The molecule has 112 valence electrons. The normalized spacial score (nSPS) is 10.9. The van der Waals surface area contributed by atoms with Gasteiger partial charge in [-0.2, -0.15) is 0 Å². The van der Waals surface area contributed by atoms with Crippen LogP contribution in [0.3, 0.4) is 0 Å². The Morgan fingerprint density at radius 3 is 2.81 bits per heavy atom. The molecule has 1 heterocycles. The number of hydrogen-bond acceptors (Lipinski definition) is 4. The number of anilines is 2. The van der Waals surface area contributed by atoms with E-state index in [0.717, 1.165) is 17.9 Å². The minimum atomic E-state index is -0.262. The lowest BCUT2D eigenvalue weighted by molar-refractivity contribution is 0.547. The maximum Gasteiger partial charge on any atom is 0.151 e. The van der Waals surface area contributed by atoms with Crippen LogP contribution in [0.15, 0.2) is 36.7 Å². The van der Waals surface area contributed by atoms with Gasteiger partial charge in [-0.15, -0.1) is 0 Å². The van der Waals surface area contributed by atoms with Gasteiger partial charge in [0.05, 0.1) is 11.9 Å². The fourth-order valence-corrected chi connectivity index (χ4v) is 1.95. The number of halogens is 1. The Labute approximate surface area is 125 Å². The number of nitrogens with one attached hydrogen (secondary N) is 1. The van der Waals surface area contributed by atoms with Gasteiger partial charge >= 0.3 is 0 Å². The first kappa shape index (κ1) is 15.4. The van der Waals surface area contributed by atoms with Crippen LogP contribution in [0, 0.1) is 11.7 Å². The van der Waals surface area contributed by atoms with E-state index in [1.165, 1.54) is 12.1 Å². The lowest BCUT2D eigenvalue weighted by Crippen LogP contribution is -2.20. The molecule has 5 heteroatoms. The molecular weight excluding hydrogens is 267 g/mol. The Bertz CT molecular complexity index is 586. The predicted octanol–water partition coefficient (Wildman–Crippen LogP) is 3.13. The molecular formula is C16H21FN4. The second kappa shape index (κ2) is 7.13. The van der Waals surface area contributed by atoms with Crippen LogP contribution in [0.25, 0.3) is 0 Å². The monoisotopic (exact) mass is 288 g/mol. The summed E-state index contributed by atoms with van der Waals surface area (Å²) in [5.41, 5.74) is 1.62. The minimum Gasteiger partial charge on any atom is -0.328 e. The van der Waals surface area contributed by atoms with Crippen molar-refractivity contribution in [3.05, 3.63) is 48.2 Å². The summed E-state index contributed by atoms with van der Waals surface area (Å²) in [4.78, 5) is 10.6. The predicted molar refractivity (Wildman–Crippen MR) is 83.0 cm³/mol. The van der Waals surface area contributed by atoms with Crippen LogP contribution in [-0.2, 0) is 6.54 Å². The summed E-state index contributed by atoms with van der Waals surface area (Å²) in [5, 5.41) is 3.34. The summed E-state index contributed by atoms with van der Waals surface area (Å²) in [6, 6.07) is 6.43. The van der Waals surface area contributed by atoms with E-state index in [4.69, 9.17) is 0 Å². The number of rotatable bonds is 6. The van der Waals surface area contributed by atoms with E-state index in [-0.39, 0.29) is 5.82 Å². The van der Waals surface area contributed by atoms with Crippen LogP contribution in [0.1, 0.15) is 19.5 Å². The first-order valence-corrected chi connectivity index (χ1v) is 7.07. The molecule has 1 N–H and O–H groups in total. The Hall–Kier alpha value is -2.01. The molecule has 0 bridgehead atoms. The third kappa shape index (κ3) is 4.49. The second-order valence-electron chi connectivity index (χ2n) is 5.43. The first-order chi connectivity index (χ1) is 10.1. The van der Waals surface area contributed by atoms with E-state index in [9.17, 15) is 4.39 Å². The van der Waals surface area contributed by atoms with Crippen molar-refractivity contribution in [3.8, 4) is 0 Å². The summed E-state index contributed by atoms with van der Waals surface area (Å²) >= 11 is 0. The SMILES string of the molecule is CC(C)CNCc1cncc(N(C)c2cccc(F)c2)n1. The molecule has 4 nitrogen and oxygen atoms in total. The molecule has 0 saturated heterocycles. The van der Waals surface area contributed by atoms with Gasteiger partial charge in [-0.05, 0) is 30.7 Å². The second-order valence-corrected chi connectivity index (χ2v) is 5.43. The van der Waals surface area contributed by atoms with Crippen molar-refractivity contribution >= 4 is 11.5 Å². The first-order valence-electron chi connectivity index (χ1n) is 7.07. The van der Waals surface area contributed by atoms with Gasteiger partial charge in [0.25, 0.3) is 0 Å². The van der Waals surface area contributed by atoms with Crippen molar-refractivity contribution < 1.29 is 4.39 Å². The highest BCUT2D eigenvalue weighted by molar-refractivity contribution is 5.58. The molecule has 0 unspecified atom stereocenters. The minimum absolute atomic E-state index is 0.262. The number of hydrogen-bond donors (Lipinski definition) is 1. The van der Waals surface area contributed by atoms with Crippen molar-refractivity contribution in [3.63, 3.8) is 0 Å². The van der Waals surface area contributed by atoms with Gasteiger partial charge in [-0.25, -0.2) is 9.37 Å². The lowest BCUT2D eigenvalue weighted by Gasteiger charge is -2.18. The molecule has 0 fully saturated rings. The summed E-state index contributed by atoms with van der Waals surface area (Å²) in [6.07, 6.45) is 3.42. The summed E-state index contributed by atoms with van der Waals surface area (Å²) in [5.74, 6) is 1.03. The smallest absolute Gasteiger partial charge is 0.151 e. The fourth-order valence-electron chi connectivity index (χ4n) is 1.95. The number of aromatic nitrogens is 2. The van der Waals surface area contributed by atoms with Crippen LogP contribution >= 0.6 is 0 Å². The maximum absolute atomic E-state index is 13.3.